The van der Waals surface area contributed by atoms with Crippen molar-refractivity contribution in [1.82, 2.24) is 4.72 Å². The van der Waals surface area contributed by atoms with Crippen LogP contribution < -0.4 is 10.0 Å². The molecule has 0 aliphatic heterocycles. The highest BCUT2D eigenvalue weighted by Crippen LogP contribution is 2.29. The van der Waals surface area contributed by atoms with Gasteiger partial charge >= 0.3 is 0 Å². The van der Waals surface area contributed by atoms with Crippen molar-refractivity contribution in [3.63, 3.8) is 0 Å². The normalized spacial score (nSPS) is 19.5. The zero-order chi connectivity index (χ0) is 22.1. The van der Waals surface area contributed by atoms with E-state index in [0.717, 1.165) is 37.5 Å². The van der Waals surface area contributed by atoms with E-state index >= 15 is 0 Å². The molecule has 0 radical (unpaired) electrons. The molecule has 0 bridgehead atoms. The average molecular weight is 522 g/mol. The Morgan fingerprint density at radius 1 is 1.13 bits per heavy atom. The molecular formula is C20H20BrClF2N2O3S. The maximum absolute atomic E-state index is 14.5. The number of anilines is 1. The van der Waals surface area contributed by atoms with Gasteiger partial charge in [-0.15, -0.1) is 0 Å². The fourth-order valence-corrected chi connectivity index (χ4v) is 5.51. The number of nitrogens with one attached hydrogen (secondary N) is 2. The lowest BCUT2D eigenvalue weighted by atomic mass is 9.87. The van der Waals surface area contributed by atoms with Gasteiger partial charge in [0.25, 0.3) is 5.91 Å². The minimum absolute atomic E-state index is 0.128. The summed E-state index contributed by atoms with van der Waals surface area (Å²) in [6.07, 6.45) is 3.47. The van der Waals surface area contributed by atoms with Crippen LogP contribution in [0.5, 0.6) is 0 Å². The zero-order valence-corrected chi connectivity index (χ0v) is 19.2. The van der Waals surface area contributed by atoms with Gasteiger partial charge in [0, 0.05) is 11.7 Å². The van der Waals surface area contributed by atoms with Gasteiger partial charge in [0.05, 0.1) is 15.1 Å². The van der Waals surface area contributed by atoms with Crippen LogP contribution in [-0.2, 0) is 10.0 Å². The van der Waals surface area contributed by atoms with E-state index in [-0.39, 0.29) is 32.7 Å². The van der Waals surface area contributed by atoms with Gasteiger partial charge in [-0.25, -0.2) is 21.9 Å². The van der Waals surface area contributed by atoms with E-state index in [1.807, 2.05) is 6.92 Å². The highest BCUT2D eigenvalue weighted by molar-refractivity contribution is 9.10. The van der Waals surface area contributed by atoms with Crippen LogP contribution in [0.1, 0.15) is 43.0 Å². The smallest absolute Gasteiger partial charge is 0.257 e. The van der Waals surface area contributed by atoms with E-state index in [4.69, 9.17) is 11.6 Å². The average Bonchev–Trinajstić information content (AvgIpc) is 2.66. The van der Waals surface area contributed by atoms with Gasteiger partial charge in [-0.2, -0.15) is 0 Å². The summed E-state index contributed by atoms with van der Waals surface area (Å²) in [6, 6.07) is 5.25. The molecule has 1 saturated carbocycles. The Labute approximate surface area is 187 Å². The Morgan fingerprint density at radius 3 is 2.50 bits per heavy atom. The van der Waals surface area contributed by atoms with Crippen molar-refractivity contribution >= 4 is 49.1 Å². The lowest BCUT2D eigenvalue weighted by molar-refractivity contribution is 0.102. The molecule has 1 aliphatic carbocycles. The van der Waals surface area contributed by atoms with Crippen LogP contribution >= 0.6 is 27.5 Å². The van der Waals surface area contributed by atoms with Crippen molar-refractivity contribution < 1.29 is 22.0 Å². The van der Waals surface area contributed by atoms with Gasteiger partial charge in [0.2, 0.25) is 10.0 Å². The number of halogens is 4. The molecule has 2 atom stereocenters. The number of amides is 1. The number of rotatable bonds is 5. The number of sulfonamides is 1. The Hall–Kier alpha value is -1.55. The van der Waals surface area contributed by atoms with E-state index in [2.05, 4.69) is 26.0 Å². The fraction of sp³-hybridized carbons (Fsp3) is 0.350. The molecule has 0 spiro atoms. The first-order valence-electron chi connectivity index (χ1n) is 9.36. The third kappa shape index (κ3) is 5.19. The van der Waals surface area contributed by atoms with Crippen LogP contribution in [0.25, 0.3) is 0 Å². The first-order valence-corrected chi connectivity index (χ1v) is 12.0. The van der Waals surface area contributed by atoms with Crippen LogP contribution in [0.15, 0.2) is 39.7 Å². The Balaban J connectivity index is 1.89. The molecule has 0 aromatic heterocycles. The second-order valence-electron chi connectivity index (χ2n) is 7.34. The van der Waals surface area contributed by atoms with Gasteiger partial charge in [0.1, 0.15) is 16.5 Å². The molecule has 2 aromatic rings. The molecular weight excluding hydrogens is 502 g/mol. The zero-order valence-electron chi connectivity index (χ0n) is 16.0. The van der Waals surface area contributed by atoms with E-state index in [1.54, 1.807) is 0 Å². The third-order valence-electron chi connectivity index (χ3n) is 5.15. The molecule has 30 heavy (non-hydrogen) atoms. The molecule has 0 saturated heterocycles. The van der Waals surface area contributed by atoms with Crippen LogP contribution in [0.4, 0.5) is 14.5 Å². The summed E-state index contributed by atoms with van der Waals surface area (Å²) < 4.78 is 56.2. The SMILES string of the molecule is CC1CCCCC1NS(=O)(=O)c1cc(C(=O)Nc2ccc(F)c(Br)c2)c(Cl)cc1F. The van der Waals surface area contributed by atoms with Crippen LogP contribution in [-0.4, -0.2) is 20.4 Å². The highest BCUT2D eigenvalue weighted by atomic mass is 79.9. The van der Waals surface area contributed by atoms with Crippen molar-refractivity contribution in [2.24, 2.45) is 5.92 Å². The van der Waals surface area contributed by atoms with Gasteiger partial charge < -0.3 is 5.32 Å². The molecule has 1 amide bonds. The van der Waals surface area contributed by atoms with E-state index in [9.17, 15) is 22.0 Å². The second-order valence-corrected chi connectivity index (χ2v) is 10.3. The number of carbonyl (C=O) groups excluding carboxylic acids is 1. The first-order chi connectivity index (χ1) is 14.1. The van der Waals surface area contributed by atoms with E-state index < -0.39 is 32.5 Å². The molecule has 2 aromatic carbocycles. The lowest BCUT2D eigenvalue weighted by Gasteiger charge is -2.29. The Morgan fingerprint density at radius 2 is 1.83 bits per heavy atom. The van der Waals surface area contributed by atoms with Crippen molar-refractivity contribution in [2.75, 3.05) is 5.32 Å². The van der Waals surface area contributed by atoms with Crippen molar-refractivity contribution in [3.8, 4) is 0 Å². The summed E-state index contributed by atoms with van der Waals surface area (Å²) in [5, 5.41) is 2.26. The van der Waals surface area contributed by atoms with Gasteiger partial charge in [0.15, 0.2) is 0 Å². The van der Waals surface area contributed by atoms with Gasteiger partial charge in [-0.3, -0.25) is 4.79 Å². The van der Waals surface area contributed by atoms with E-state index in [1.165, 1.54) is 12.1 Å². The lowest BCUT2D eigenvalue weighted by Crippen LogP contribution is -2.41. The molecule has 5 nitrogen and oxygen atoms in total. The molecule has 162 valence electrons. The van der Waals surface area contributed by atoms with Crippen molar-refractivity contribution in [1.29, 1.82) is 0 Å². The summed E-state index contributed by atoms with van der Waals surface area (Å²) in [6.45, 7) is 1.95. The number of benzene rings is 2. The minimum Gasteiger partial charge on any atom is -0.322 e. The summed E-state index contributed by atoms with van der Waals surface area (Å²) in [4.78, 5) is 12.0. The maximum Gasteiger partial charge on any atom is 0.257 e. The topological polar surface area (TPSA) is 75.3 Å². The highest BCUT2D eigenvalue weighted by Gasteiger charge is 2.30. The predicted molar refractivity (Wildman–Crippen MR) is 115 cm³/mol. The minimum atomic E-state index is -4.20. The molecule has 2 N–H and O–H groups in total. The molecule has 0 heterocycles. The number of carbonyl (C=O) groups is 1. The van der Waals surface area contributed by atoms with Crippen LogP contribution in [0, 0.1) is 17.6 Å². The quantitative estimate of drug-likeness (QED) is 0.546. The molecule has 3 rings (SSSR count). The largest absolute Gasteiger partial charge is 0.322 e. The van der Waals surface area contributed by atoms with Crippen molar-refractivity contribution in [3.05, 3.63) is 57.0 Å². The molecule has 2 unspecified atom stereocenters. The maximum atomic E-state index is 14.5. The second kappa shape index (κ2) is 9.30. The summed E-state index contributed by atoms with van der Waals surface area (Å²) in [7, 11) is -4.20. The molecule has 10 heteroatoms. The number of hydrogen-bond donors (Lipinski definition) is 2. The van der Waals surface area contributed by atoms with Crippen LogP contribution in [0.3, 0.4) is 0 Å². The first kappa shape index (κ1) is 23.1. The number of hydrogen-bond acceptors (Lipinski definition) is 3. The Bertz CT molecular complexity index is 1080. The van der Waals surface area contributed by atoms with Crippen molar-refractivity contribution in [2.45, 2.75) is 43.5 Å². The summed E-state index contributed by atoms with van der Waals surface area (Å²) >= 11 is 9.02. The molecule has 1 aliphatic rings. The van der Waals surface area contributed by atoms with E-state index in [0.29, 0.717) is 6.42 Å². The molecule has 1 fully saturated rings. The summed E-state index contributed by atoms with van der Waals surface area (Å²) in [5.74, 6) is -2.18. The monoisotopic (exact) mass is 520 g/mol. The fourth-order valence-electron chi connectivity index (χ4n) is 3.44. The Kier molecular flexibility index (Phi) is 7.16. The predicted octanol–water partition coefficient (Wildman–Crippen LogP) is 5.49. The third-order valence-corrected chi connectivity index (χ3v) is 7.58. The van der Waals surface area contributed by atoms with Gasteiger partial charge in [-0.1, -0.05) is 31.4 Å². The van der Waals surface area contributed by atoms with Crippen LogP contribution in [0.2, 0.25) is 5.02 Å². The van der Waals surface area contributed by atoms with Gasteiger partial charge in [-0.05, 0) is 65.0 Å². The standard InChI is InChI=1S/C20H20BrClF2N2O3S/c1-11-4-2-3-5-18(11)26-30(28,29)19-9-13(15(22)10-17(19)24)20(27)25-12-6-7-16(23)14(21)8-12/h6-11,18,26H,2-5H2,1H3,(H,25,27). The summed E-state index contributed by atoms with van der Waals surface area (Å²) in [5.41, 5.74) is 0.0443.